The minimum atomic E-state index is -0.777. The van der Waals surface area contributed by atoms with E-state index in [1.165, 1.54) is 13.8 Å². The van der Waals surface area contributed by atoms with Crippen molar-refractivity contribution in [2.75, 3.05) is 0 Å². The van der Waals surface area contributed by atoms with Crippen molar-refractivity contribution in [3.63, 3.8) is 0 Å². The van der Waals surface area contributed by atoms with E-state index in [1.807, 2.05) is 6.92 Å². The van der Waals surface area contributed by atoms with Crippen molar-refractivity contribution >= 4 is 11.9 Å². The van der Waals surface area contributed by atoms with Gasteiger partial charge in [-0.1, -0.05) is 13.8 Å². The molecule has 4 fully saturated rings. The Kier molecular flexibility index (Phi) is 5.08. The van der Waals surface area contributed by atoms with Crippen LogP contribution < -0.4 is 0 Å². The number of ether oxygens (including phenoxy) is 2. The molecule has 0 aromatic heterocycles. The number of carbonyl (C=O) groups is 2. The molecule has 0 aromatic carbocycles. The van der Waals surface area contributed by atoms with Gasteiger partial charge >= 0.3 is 11.9 Å². The Bertz CT molecular complexity index is 687. The van der Waals surface area contributed by atoms with Crippen LogP contribution in [-0.2, 0) is 19.1 Å². The molecule has 9 atom stereocenters. The summed E-state index contributed by atoms with van der Waals surface area (Å²) in [5.41, 5.74) is -0.848. The van der Waals surface area contributed by atoms with Crippen LogP contribution in [0.5, 0.6) is 0 Å². The van der Waals surface area contributed by atoms with E-state index in [2.05, 4.69) is 13.8 Å². The molecule has 1 N–H and O–H groups in total. The molecule has 0 bridgehead atoms. The van der Waals surface area contributed by atoms with Crippen molar-refractivity contribution < 1.29 is 24.2 Å². The fourth-order valence-corrected chi connectivity index (χ4v) is 8.69. The highest BCUT2D eigenvalue weighted by Gasteiger charge is 2.67. The van der Waals surface area contributed by atoms with Crippen LogP contribution in [0, 0.1) is 34.5 Å². The molecule has 29 heavy (non-hydrogen) atoms. The van der Waals surface area contributed by atoms with Crippen molar-refractivity contribution in [3.8, 4) is 0 Å². The van der Waals surface area contributed by atoms with Crippen LogP contribution in [0.2, 0.25) is 0 Å². The Morgan fingerprint density at radius 3 is 2.24 bits per heavy atom. The van der Waals surface area contributed by atoms with Gasteiger partial charge in [-0.2, -0.15) is 0 Å². The first-order valence-corrected chi connectivity index (χ1v) is 11.5. The summed E-state index contributed by atoms with van der Waals surface area (Å²) in [4.78, 5) is 23.1. The Morgan fingerprint density at radius 2 is 1.59 bits per heavy atom. The summed E-state index contributed by atoms with van der Waals surface area (Å²) in [5.74, 6) is 1.31. The number of aliphatic hydroxyl groups is 1. The topological polar surface area (TPSA) is 72.8 Å². The lowest BCUT2D eigenvalue weighted by Gasteiger charge is -2.65. The van der Waals surface area contributed by atoms with E-state index in [9.17, 15) is 14.7 Å². The normalized spacial score (nSPS) is 51.4. The summed E-state index contributed by atoms with van der Waals surface area (Å²) in [6.07, 6.45) is 7.71. The lowest BCUT2D eigenvalue weighted by molar-refractivity contribution is -0.228. The minimum absolute atomic E-state index is 0.0285. The van der Waals surface area contributed by atoms with Crippen LogP contribution in [-0.4, -0.2) is 34.9 Å². The minimum Gasteiger partial charge on any atom is -0.463 e. The van der Waals surface area contributed by atoms with E-state index < -0.39 is 5.60 Å². The van der Waals surface area contributed by atoms with E-state index in [1.54, 1.807) is 0 Å². The second-order valence-corrected chi connectivity index (χ2v) is 11.2. The van der Waals surface area contributed by atoms with Gasteiger partial charge in [0.25, 0.3) is 0 Å². The highest BCUT2D eigenvalue weighted by molar-refractivity contribution is 5.66. The first kappa shape index (κ1) is 21.1. The zero-order valence-corrected chi connectivity index (χ0v) is 18.7. The number of fused-ring (bicyclic) bond motifs is 5. The van der Waals surface area contributed by atoms with Gasteiger partial charge in [-0.05, 0) is 87.4 Å². The van der Waals surface area contributed by atoms with Crippen molar-refractivity contribution in [1.29, 1.82) is 0 Å². The molecule has 0 saturated heterocycles. The van der Waals surface area contributed by atoms with Gasteiger partial charge in [0, 0.05) is 19.3 Å². The molecule has 0 aliphatic heterocycles. The molecule has 0 unspecified atom stereocenters. The molecule has 0 amide bonds. The quantitative estimate of drug-likeness (QED) is 0.694. The highest BCUT2D eigenvalue weighted by atomic mass is 16.5. The smallest absolute Gasteiger partial charge is 0.302 e. The zero-order chi connectivity index (χ0) is 21.2. The third-order valence-corrected chi connectivity index (χ3v) is 9.36. The molecular formula is C24H38O5. The van der Waals surface area contributed by atoms with Crippen molar-refractivity contribution in [1.82, 2.24) is 0 Å². The zero-order valence-electron chi connectivity index (χ0n) is 18.7. The average molecular weight is 407 g/mol. The Balaban J connectivity index is 1.61. The molecule has 4 rings (SSSR count). The summed E-state index contributed by atoms with van der Waals surface area (Å²) in [7, 11) is 0. The molecule has 5 heteroatoms. The van der Waals surface area contributed by atoms with Gasteiger partial charge in [-0.25, -0.2) is 0 Å². The van der Waals surface area contributed by atoms with Crippen LogP contribution in [0.25, 0.3) is 0 Å². The fraction of sp³-hybridized carbons (Fsp3) is 0.917. The summed E-state index contributed by atoms with van der Waals surface area (Å²) in [6.45, 7) is 9.65. The highest BCUT2D eigenvalue weighted by Crippen LogP contribution is 2.69. The third kappa shape index (κ3) is 3.32. The first-order chi connectivity index (χ1) is 13.5. The van der Waals surface area contributed by atoms with E-state index in [0.29, 0.717) is 24.2 Å². The fourth-order valence-electron chi connectivity index (χ4n) is 8.69. The van der Waals surface area contributed by atoms with E-state index in [4.69, 9.17) is 9.47 Å². The third-order valence-electron chi connectivity index (χ3n) is 9.36. The molecule has 0 spiro atoms. The number of carbonyl (C=O) groups excluding carboxylic acids is 2. The Morgan fingerprint density at radius 1 is 0.897 bits per heavy atom. The Hall–Kier alpha value is -1.10. The van der Waals surface area contributed by atoms with Gasteiger partial charge < -0.3 is 14.6 Å². The summed E-state index contributed by atoms with van der Waals surface area (Å²) in [5, 5.41) is 11.8. The van der Waals surface area contributed by atoms with Crippen molar-refractivity contribution in [2.24, 2.45) is 34.5 Å². The standard InChI is InChI=1S/C24H38O5/c1-14(25)28-17-10-11-22(3)16(12-17)6-7-18-19-8-9-20(29-15(2)26)23(19,4)13-24(5,27)21(18)22/h16-21,27H,6-13H2,1-5H3/t16-,17+,18+,19-,20-,21-,22-,23-,24-/m0/s1. The van der Waals surface area contributed by atoms with Gasteiger partial charge in [0.15, 0.2) is 0 Å². The van der Waals surface area contributed by atoms with Crippen LogP contribution in [0.4, 0.5) is 0 Å². The molecule has 0 radical (unpaired) electrons. The summed E-state index contributed by atoms with van der Waals surface area (Å²) in [6, 6.07) is 0. The maximum atomic E-state index is 11.8. The number of hydrogen-bond donors (Lipinski definition) is 1. The molecular weight excluding hydrogens is 368 g/mol. The van der Waals surface area contributed by atoms with Crippen LogP contribution in [0.15, 0.2) is 0 Å². The Labute approximate surface area is 174 Å². The largest absolute Gasteiger partial charge is 0.463 e. The van der Waals surface area contributed by atoms with Gasteiger partial charge in [-0.15, -0.1) is 0 Å². The number of rotatable bonds is 2. The maximum Gasteiger partial charge on any atom is 0.302 e. The predicted molar refractivity (Wildman–Crippen MR) is 109 cm³/mol. The summed E-state index contributed by atoms with van der Waals surface area (Å²) >= 11 is 0. The van der Waals surface area contributed by atoms with Crippen molar-refractivity contribution in [2.45, 2.75) is 104 Å². The van der Waals surface area contributed by atoms with E-state index in [0.717, 1.165) is 44.9 Å². The monoisotopic (exact) mass is 406 g/mol. The van der Waals surface area contributed by atoms with Crippen molar-refractivity contribution in [3.05, 3.63) is 0 Å². The molecule has 0 heterocycles. The van der Waals surface area contributed by atoms with Gasteiger partial charge in [0.2, 0.25) is 0 Å². The van der Waals surface area contributed by atoms with Crippen LogP contribution in [0.1, 0.15) is 86.0 Å². The number of hydrogen-bond acceptors (Lipinski definition) is 5. The van der Waals surface area contributed by atoms with E-state index >= 15 is 0 Å². The number of esters is 2. The molecule has 164 valence electrons. The second-order valence-electron chi connectivity index (χ2n) is 11.2. The maximum absolute atomic E-state index is 11.8. The van der Waals surface area contributed by atoms with Gasteiger partial charge in [0.05, 0.1) is 5.60 Å². The second kappa shape index (κ2) is 6.96. The lowest BCUT2D eigenvalue weighted by atomic mass is 9.41. The summed E-state index contributed by atoms with van der Waals surface area (Å²) < 4.78 is 11.3. The molecule has 5 nitrogen and oxygen atoms in total. The molecule has 4 aliphatic rings. The first-order valence-electron chi connectivity index (χ1n) is 11.5. The molecule has 4 saturated carbocycles. The predicted octanol–water partition coefficient (Wildman–Crippen LogP) is 4.25. The average Bonchev–Trinajstić information content (AvgIpc) is 2.88. The van der Waals surface area contributed by atoms with Crippen LogP contribution in [0.3, 0.4) is 0 Å². The van der Waals surface area contributed by atoms with E-state index in [-0.39, 0.29) is 40.9 Å². The van der Waals surface area contributed by atoms with Gasteiger partial charge in [0.1, 0.15) is 12.2 Å². The lowest BCUT2D eigenvalue weighted by Crippen LogP contribution is -2.64. The molecule has 4 aliphatic carbocycles. The van der Waals surface area contributed by atoms with Crippen LogP contribution >= 0.6 is 0 Å². The van der Waals surface area contributed by atoms with Gasteiger partial charge in [-0.3, -0.25) is 9.59 Å². The SMILES string of the molecule is CC(=O)O[C@@H]1CC[C@@]2(C)[C@@H](CC[C@@H]3[C@@H]4CC[C@H](OC(C)=O)[C@@]4(C)C[C@](C)(O)[C@@H]32)C1. The molecule has 0 aromatic rings.